The summed E-state index contributed by atoms with van der Waals surface area (Å²) in [4.78, 5) is 4.57. The maximum atomic E-state index is 10.9. The second-order valence-electron chi connectivity index (χ2n) is 4.68. The molecule has 1 aromatic carbocycles. The molecule has 6 nitrogen and oxygen atoms in total. The second kappa shape index (κ2) is 6.84. The van der Waals surface area contributed by atoms with Crippen molar-refractivity contribution in [1.82, 2.24) is 15.0 Å². The van der Waals surface area contributed by atoms with Gasteiger partial charge in [-0.2, -0.15) is 0 Å². The lowest BCUT2D eigenvalue weighted by Gasteiger charge is -2.08. The van der Waals surface area contributed by atoms with Gasteiger partial charge in [0.15, 0.2) is 0 Å². The number of ether oxygens (including phenoxy) is 1. The number of hydrogen-bond acceptors (Lipinski definition) is 5. The van der Waals surface area contributed by atoms with Crippen LogP contribution in [0.25, 0.3) is 10.9 Å². The molecule has 0 amide bonds. The molecular formula is C14H19N3O3S. The normalized spacial score (nSPS) is 11.7. The van der Waals surface area contributed by atoms with E-state index in [1.807, 2.05) is 30.3 Å². The number of methoxy groups -OCH3 is 1. The smallest absolute Gasteiger partial charge is 0.208 e. The Bertz CT molecular complexity index is 716. The topological polar surface area (TPSA) is 80.3 Å². The summed E-state index contributed by atoms with van der Waals surface area (Å²) in [5, 5.41) is 4.17. The monoisotopic (exact) mass is 309 g/mol. The van der Waals surface area contributed by atoms with E-state index >= 15 is 0 Å². The van der Waals surface area contributed by atoms with Gasteiger partial charge in [-0.3, -0.25) is 0 Å². The minimum Gasteiger partial charge on any atom is -0.494 e. The average Bonchev–Trinajstić information content (AvgIpc) is 2.45. The first-order valence-electron chi connectivity index (χ1n) is 6.57. The number of para-hydroxylation sites is 1. The van der Waals surface area contributed by atoms with Crippen LogP contribution in [-0.2, 0) is 16.6 Å². The van der Waals surface area contributed by atoms with E-state index in [1.54, 1.807) is 7.11 Å². The van der Waals surface area contributed by atoms with Crippen molar-refractivity contribution < 1.29 is 13.2 Å². The van der Waals surface area contributed by atoms with Crippen LogP contribution in [0.15, 0.2) is 30.3 Å². The predicted molar refractivity (Wildman–Crippen MR) is 82.8 cm³/mol. The lowest BCUT2D eigenvalue weighted by Crippen LogP contribution is -2.30. The van der Waals surface area contributed by atoms with Crippen molar-refractivity contribution in [3.05, 3.63) is 36.0 Å². The first-order valence-corrected chi connectivity index (χ1v) is 8.47. The van der Waals surface area contributed by atoms with Crippen molar-refractivity contribution in [2.45, 2.75) is 6.54 Å². The zero-order valence-corrected chi connectivity index (χ0v) is 12.9. The van der Waals surface area contributed by atoms with E-state index in [0.717, 1.165) is 28.6 Å². The fourth-order valence-electron chi connectivity index (χ4n) is 1.96. The third-order valence-electron chi connectivity index (χ3n) is 2.93. The SMILES string of the molecule is COc1cccc2ccc(CNCCNS(C)(=O)=O)nc12. The molecule has 21 heavy (non-hydrogen) atoms. The number of aromatic nitrogens is 1. The lowest BCUT2D eigenvalue weighted by molar-refractivity contribution is 0.418. The summed E-state index contributed by atoms with van der Waals surface area (Å²) in [7, 11) is -1.51. The molecule has 0 saturated heterocycles. The Morgan fingerprint density at radius 3 is 2.71 bits per heavy atom. The molecule has 0 bridgehead atoms. The van der Waals surface area contributed by atoms with Crippen LogP contribution in [0, 0.1) is 0 Å². The molecule has 0 saturated carbocycles. The molecule has 0 aliphatic rings. The Labute approximate surface area is 124 Å². The van der Waals surface area contributed by atoms with Gasteiger partial charge in [0.2, 0.25) is 10.0 Å². The van der Waals surface area contributed by atoms with Gasteiger partial charge >= 0.3 is 0 Å². The number of nitrogens with one attached hydrogen (secondary N) is 2. The average molecular weight is 309 g/mol. The van der Waals surface area contributed by atoms with Crippen LogP contribution in [0.1, 0.15) is 5.69 Å². The van der Waals surface area contributed by atoms with Gasteiger partial charge in [-0.25, -0.2) is 18.1 Å². The molecule has 7 heteroatoms. The maximum Gasteiger partial charge on any atom is 0.208 e. The predicted octanol–water partition coefficient (Wildman–Crippen LogP) is 0.882. The summed E-state index contributed by atoms with van der Waals surface area (Å²) >= 11 is 0. The maximum absolute atomic E-state index is 10.9. The molecule has 0 radical (unpaired) electrons. The summed E-state index contributed by atoms with van der Waals surface area (Å²) < 4.78 is 29.6. The molecule has 0 aliphatic heterocycles. The zero-order valence-electron chi connectivity index (χ0n) is 12.1. The second-order valence-corrected chi connectivity index (χ2v) is 6.51. The summed E-state index contributed by atoms with van der Waals surface area (Å²) in [5.74, 6) is 0.744. The van der Waals surface area contributed by atoms with Crippen LogP contribution >= 0.6 is 0 Å². The number of benzene rings is 1. The van der Waals surface area contributed by atoms with Gasteiger partial charge in [0.25, 0.3) is 0 Å². The molecule has 2 aromatic rings. The van der Waals surface area contributed by atoms with E-state index in [4.69, 9.17) is 4.74 Å². The Kier molecular flexibility index (Phi) is 5.11. The highest BCUT2D eigenvalue weighted by atomic mass is 32.2. The van der Waals surface area contributed by atoms with E-state index in [-0.39, 0.29) is 0 Å². The zero-order chi connectivity index (χ0) is 15.3. The highest BCUT2D eigenvalue weighted by Gasteiger charge is 2.04. The van der Waals surface area contributed by atoms with Gasteiger partial charge in [-0.15, -0.1) is 0 Å². The van der Waals surface area contributed by atoms with E-state index in [1.165, 1.54) is 0 Å². The molecule has 114 valence electrons. The highest BCUT2D eigenvalue weighted by Crippen LogP contribution is 2.23. The molecule has 1 aromatic heterocycles. The van der Waals surface area contributed by atoms with Gasteiger partial charge in [0, 0.05) is 25.0 Å². The lowest BCUT2D eigenvalue weighted by atomic mass is 10.2. The molecular weight excluding hydrogens is 290 g/mol. The Morgan fingerprint density at radius 2 is 2.00 bits per heavy atom. The fourth-order valence-corrected chi connectivity index (χ4v) is 2.44. The number of rotatable bonds is 7. The summed E-state index contributed by atoms with van der Waals surface area (Å²) in [6.07, 6.45) is 1.14. The van der Waals surface area contributed by atoms with E-state index in [0.29, 0.717) is 19.6 Å². The van der Waals surface area contributed by atoms with Crippen molar-refractivity contribution in [3.8, 4) is 5.75 Å². The number of hydrogen-bond donors (Lipinski definition) is 2. The third-order valence-corrected chi connectivity index (χ3v) is 3.66. The van der Waals surface area contributed by atoms with Crippen LogP contribution in [0.4, 0.5) is 0 Å². The number of nitrogens with zero attached hydrogens (tertiary/aromatic N) is 1. The van der Waals surface area contributed by atoms with Crippen LogP contribution in [0.2, 0.25) is 0 Å². The van der Waals surface area contributed by atoms with Gasteiger partial charge in [-0.05, 0) is 12.1 Å². The molecule has 0 fully saturated rings. The van der Waals surface area contributed by atoms with Crippen molar-refractivity contribution in [3.63, 3.8) is 0 Å². The van der Waals surface area contributed by atoms with Crippen LogP contribution < -0.4 is 14.8 Å². The first-order chi connectivity index (χ1) is 9.99. The van der Waals surface area contributed by atoms with Crippen molar-refractivity contribution in [2.75, 3.05) is 26.5 Å². The van der Waals surface area contributed by atoms with Crippen molar-refractivity contribution >= 4 is 20.9 Å². The largest absolute Gasteiger partial charge is 0.494 e. The molecule has 2 rings (SSSR count). The Morgan fingerprint density at radius 1 is 1.19 bits per heavy atom. The highest BCUT2D eigenvalue weighted by molar-refractivity contribution is 7.88. The minimum atomic E-state index is -3.13. The Hall–Kier alpha value is -1.70. The molecule has 1 heterocycles. The summed E-state index contributed by atoms with van der Waals surface area (Å²) in [5.41, 5.74) is 1.71. The van der Waals surface area contributed by atoms with Gasteiger partial charge < -0.3 is 10.1 Å². The summed E-state index contributed by atoms with van der Waals surface area (Å²) in [6.45, 7) is 1.47. The van der Waals surface area contributed by atoms with E-state index in [9.17, 15) is 8.42 Å². The molecule has 0 unspecified atom stereocenters. The standard InChI is InChI=1S/C14H19N3O3S/c1-20-13-5-3-4-11-6-7-12(17-14(11)13)10-15-8-9-16-21(2,18)19/h3-7,15-16H,8-10H2,1-2H3. The first kappa shape index (κ1) is 15.7. The third kappa shape index (κ3) is 4.66. The van der Waals surface area contributed by atoms with E-state index in [2.05, 4.69) is 15.0 Å². The molecule has 0 aliphatic carbocycles. The number of sulfonamides is 1. The number of pyridine rings is 1. The Balaban J connectivity index is 1.96. The molecule has 0 spiro atoms. The number of fused-ring (bicyclic) bond motifs is 1. The van der Waals surface area contributed by atoms with Gasteiger partial charge in [0.05, 0.1) is 19.1 Å². The fraction of sp³-hybridized carbons (Fsp3) is 0.357. The minimum absolute atomic E-state index is 0.357. The summed E-state index contributed by atoms with van der Waals surface area (Å²) in [6, 6.07) is 9.73. The van der Waals surface area contributed by atoms with Crippen molar-refractivity contribution in [2.24, 2.45) is 0 Å². The van der Waals surface area contributed by atoms with Crippen molar-refractivity contribution in [1.29, 1.82) is 0 Å². The quantitative estimate of drug-likeness (QED) is 0.742. The molecule has 2 N–H and O–H groups in total. The van der Waals surface area contributed by atoms with Gasteiger partial charge in [0.1, 0.15) is 11.3 Å². The molecule has 0 atom stereocenters. The van der Waals surface area contributed by atoms with Crippen LogP contribution in [-0.4, -0.2) is 39.9 Å². The van der Waals surface area contributed by atoms with Crippen LogP contribution in [0.3, 0.4) is 0 Å². The van der Waals surface area contributed by atoms with Crippen LogP contribution in [0.5, 0.6) is 5.75 Å². The van der Waals surface area contributed by atoms with Gasteiger partial charge in [-0.1, -0.05) is 18.2 Å². The van der Waals surface area contributed by atoms with E-state index < -0.39 is 10.0 Å².